The zero-order valence-electron chi connectivity index (χ0n) is 25.0. The van der Waals surface area contributed by atoms with Gasteiger partial charge in [0.15, 0.2) is 17.3 Å². The molecular weight excluding hydrogens is 542 g/mol. The first-order valence-corrected chi connectivity index (χ1v) is 13.8. The van der Waals surface area contributed by atoms with Gasteiger partial charge in [0.25, 0.3) is 0 Å². The van der Waals surface area contributed by atoms with Gasteiger partial charge in [0.05, 0.1) is 47.2 Å². The lowest BCUT2D eigenvalue weighted by atomic mass is 9.67. The van der Waals surface area contributed by atoms with Gasteiger partial charge in [-0.3, -0.25) is 9.59 Å². The summed E-state index contributed by atoms with van der Waals surface area (Å²) in [4.78, 5) is 41.4. The Kier molecular flexibility index (Phi) is 9.45. The number of ether oxygens (including phenoxy) is 6. The van der Waals surface area contributed by atoms with Gasteiger partial charge in [-0.25, -0.2) is 4.79 Å². The minimum atomic E-state index is -1.13. The molecule has 0 fully saturated rings. The van der Waals surface area contributed by atoms with Gasteiger partial charge in [-0.1, -0.05) is 12.1 Å². The van der Waals surface area contributed by atoms with Crippen LogP contribution in [0, 0.1) is 5.92 Å². The SMILES string of the molecule is CCOC(=O)C1=C(C)NC2=C(C(=O)[C@@H](C(=O)OCC)[C@H](c3ccc(OC)cc3)C2)[C@@H]1c1cc(OC)c(OC)c(OC)c1. The Labute approximate surface area is 245 Å². The number of rotatable bonds is 10. The Morgan fingerprint density at radius 2 is 1.48 bits per heavy atom. The topological polar surface area (TPSA) is 119 Å². The molecule has 0 saturated carbocycles. The van der Waals surface area contributed by atoms with E-state index in [9.17, 15) is 14.4 Å². The Morgan fingerprint density at radius 3 is 2.00 bits per heavy atom. The van der Waals surface area contributed by atoms with Gasteiger partial charge >= 0.3 is 11.9 Å². The molecule has 2 aromatic rings. The highest BCUT2D eigenvalue weighted by Gasteiger charge is 2.49. The number of allylic oxidation sites excluding steroid dienone is 3. The number of dihydropyridines is 1. The number of hydrogen-bond acceptors (Lipinski definition) is 10. The van der Waals surface area contributed by atoms with E-state index in [2.05, 4.69) is 5.32 Å². The monoisotopic (exact) mass is 579 g/mol. The van der Waals surface area contributed by atoms with E-state index in [1.165, 1.54) is 21.3 Å². The van der Waals surface area contributed by atoms with E-state index in [-0.39, 0.29) is 18.8 Å². The quantitative estimate of drug-likeness (QED) is 0.320. The molecule has 0 aromatic heterocycles. The molecule has 1 aliphatic heterocycles. The summed E-state index contributed by atoms with van der Waals surface area (Å²) in [6.07, 6.45) is 0.325. The molecule has 0 radical (unpaired) electrons. The van der Waals surface area contributed by atoms with E-state index < -0.39 is 35.5 Å². The minimum Gasteiger partial charge on any atom is -0.497 e. The van der Waals surface area contributed by atoms with E-state index in [1.54, 1.807) is 52.1 Å². The van der Waals surface area contributed by atoms with Crippen LogP contribution in [-0.4, -0.2) is 59.4 Å². The van der Waals surface area contributed by atoms with E-state index in [4.69, 9.17) is 28.4 Å². The zero-order chi connectivity index (χ0) is 30.6. The number of benzene rings is 2. The summed E-state index contributed by atoms with van der Waals surface area (Å²) in [5.74, 6) is -2.42. The molecule has 1 aliphatic carbocycles. The van der Waals surface area contributed by atoms with Crippen molar-refractivity contribution in [1.82, 2.24) is 5.32 Å². The lowest BCUT2D eigenvalue weighted by Gasteiger charge is -2.39. The second-order valence-electron chi connectivity index (χ2n) is 9.85. The van der Waals surface area contributed by atoms with Crippen molar-refractivity contribution in [1.29, 1.82) is 0 Å². The molecule has 1 heterocycles. The predicted octanol–water partition coefficient (Wildman–Crippen LogP) is 4.43. The van der Waals surface area contributed by atoms with Gasteiger partial charge in [-0.05, 0) is 62.6 Å². The molecule has 2 aliphatic rings. The van der Waals surface area contributed by atoms with E-state index in [0.717, 1.165) is 5.56 Å². The van der Waals surface area contributed by atoms with Gasteiger partial charge in [0, 0.05) is 28.8 Å². The number of Topliss-reactive ketones (excluding diaryl/α,β-unsaturated/α-hetero) is 1. The van der Waals surface area contributed by atoms with Gasteiger partial charge in [-0.15, -0.1) is 0 Å². The smallest absolute Gasteiger partial charge is 0.336 e. The normalized spacial score (nSPS) is 19.9. The summed E-state index contributed by atoms with van der Waals surface area (Å²) >= 11 is 0. The number of hydrogen-bond donors (Lipinski definition) is 1. The van der Waals surface area contributed by atoms with Gasteiger partial charge in [0.2, 0.25) is 5.75 Å². The Hall–Kier alpha value is -4.47. The maximum absolute atomic E-state index is 14.5. The highest BCUT2D eigenvalue weighted by molar-refractivity contribution is 6.13. The highest BCUT2D eigenvalue weighted by Crippen LogP contribution is 2.50. The molecule has 4 rings (SSSR count). The molecule has 224 valence electrons. The van der Waals surface area contributed by atoms with Crippen molar-refractivity contribution < 1.29 is 42.8 Å². The largest absolute Gasteiger partial charge is 0.497 e. The Bertz CT molecular complexity index is 1400. The highest BCUT2D eigenvalue weighted by atomic mass is 16.5. The van der Waals surface area contributed by atoms with Crippen molar-refractivity contribution in [3.8, 4) is 23.0 Å². The molecule has 10 nitrogen and oxygen atoms in total. The Balaban J connectivity index is 1.96. The average molecular weight is 580 g/mol. The molecule has 1 N–H and O–H groups in total. The maximum Gasteiger partial charge on any atom is 0.336 e. The predicted molar refractivity (Wildman–Crippen MR) is 154 cm³/mol. The third-order valence-electron chi connectivity index (χ3n) is 7.62. The van der Waals surface area contributed by atoms with Crippen LogP contribution in [0.5, 0.6) is 23.0 Å². The molecule has 0 spiro atoms. The molecule has 2 aromatic carbocycles. The second-order valence-corrected chi connectivity index (χ2v) is 9.85. The number of esters is 2. The van der Waals surface area contributed by atoms with Crippen molar-refractivity contribution in [3.63, 3.8) is 0 Å². The standard InChI is InChI=1S/C32H37NO9/c1-8-41-31(35)25-17(3)33-22-16-21(18-10-12-20(37-4)13-11-18)27(32(36)42-9-2)29(34)28(22)26(25)19-14-23(38-5)30(40-7)24(15-19)39-6/h10-15,21,26-27,33H,8-9,16H2,1-7H3/t21-,26+,27-/m0/s1. The van der Waals surface area contributed by atoms with Crippen LogP contribution < -0.4 is 24.3 Å². The summed E-state index contributed by atoms with van der Waals surface area (Å²) in [6.45, 7) is 5.44. The van der Waals surface area contributed by atoms with E-state index in [1.807, 2.05) is 12.1 Å². The van der Waals surface area contributed by atoms with Crippen LogP contribution in [0.2, 0.25) is 0 Å². The lowest BCUT2D eigenvalue weighted by Crippen LogP contribution is -2.43. The molecule has 0 saturated heterocycles. The number of carbonyl (C=O) groups excluding carboxylic acids is 3. The van der Waals surface area contributed by atoms with Crippen LogP contribution >= 0.6 is 0 Å². The fourth-order valence-corrected chi connectivity index (χ4v) is 5.78. The zero-order valence-corrected chi connectivity index (χ0v) is 25.0. The van der Waals surface area contributed by atoms with Crippen LogP contribution in [0.3, 0.4) is 0 Å². The minimum absolute atomic E-state index is 0.117. The van der Waals surface area contributed by atoms with Crippen LogP contribution in [-0.2, 0) is 23.9 Å². The van der Waals surface area contributed by atoms with Crippen LogP contribution in [0.25, 0.3) is 0 Å². The van der Waals surface area contributed by atoms with Crippen molar-refractivity contribution in [2.75, 3.05) is 41.7 Å². The van der Waals surface area contributed by atoms with E-state index >= 15 is 0 Å². The van der Waals surface area contributed by atoms with Crippen LogP contribution in [0.1, 0.15) is 50.2 Å². The van der Waals surface area contributed by atoms with Gasteiger partial charge in [-0.2, -0.15) is 0 Å². The summed E-state index contributed by atoms with van der Waals surface area (Å²) in [7, 11) is 6.05. The first-order chi connectivity index (χ1) is 20.2. The van der Waals surface area contributed by atoms with Crippen molar-refractivity contribution in [3.05, 3.63) is 70.1 Å². The summed E-state index contributed by atoms with van der Waals surface area (Å²) in [5, 5.41) is 3.30. The summed E-state index contributed by atoms with van der Waals surface area (Å²) in [6, 6.07) is 10.7. The molecule has 0 amide bonds. The third kappa shape index (κ3) is 5.53. The molecule has 3 atom stereocenters. The van der Waals surface area contributed by atoms with E-state index in [0.29, 0.717) is 51.9 Å². The molecule has 0 unspecified atom stereocenters. The molecule has 10 heteroatoms. The Morgan fingerprint density at radius 1 is 0.857 bits per heavy atom. The molecule has 42 heavy (non-hydrogen) atoms. The first-order valence-electron chi connectivity index (χ1n) is 13.8. The molecule has 0 bridgehead atoms. The van der Waals surface area contributed by atoms with Gasteiger partial charge < -0.3 is 33.7 Å². The van der Waals surface area contributed by atoms with Gasteiger partial charge in [0.1, 0.15) is 11.7 Å². The summed E-state index contributed by atoms with van der Waals surface area (Å²) in [5.41, 5.74) is 3.04. The molecular formula is C32H37NO9. The lowest BCUT2D eigenvalue weighted by molar-refractivity contribution is -0.152. The van der Waals surface area contributed by atoms with Crippen molar-refractivity contribution in [2.24, 2.45) is 5.92 Å². The first kappa shape index (κ1) is 30.5. The average Bonchev–Trinajstić information content (AvgIpc) is 2.99. The van der Waals surface area contributed by atoms with Crippen molar-refractivity contribution >= 4 is 17.7 Å². The number of ketones is 1. The fourth-order valence-electron chi connectivity index (χ4n) is 5.78. The summed E-state index contributed by atoms with van der Waals surface area (Å²) < 4.78 is 32.8. The maximum atomic E-state index is 14.5. The van der Waals surface area contributed by atoms with Crippen LogP contribution in [0.15, 0.2) is 58.9 Å². The third-order valence-corrected chi connectivity index (χ3v) is 7.62. The number of nitrogens with one attached hydrogen (secondary N) is 1. The number of carbonyl (C=O) groups is 3. The second kappa shape index (κ2) is 13.0. The fraction of sp³-hybridized carbons (Fsp3) is 0.406. The van der Waals surface area contributed by atoms with Crippen LogP contribution in [0.4, 0.5) is 0 Å². The number of methoxy groups -OCH3 is 4. The van der Waals surface area contributed by atoms with Crippen molar-refractivity contribution in [2.45, 2.75) is 39.0 Å².